The second kappa shape index (κ2) is 6.29. The van der Waals surface area contributed by atoms with Gasteiger partial charge in [-0.15, -0.1) is 0 Å². The van der Waals surface area contributed by atoms with Crippen LogP contribution >= 0.6 is 23.2 Å². The molecule has 0 unspecified atom stereocenters. The number of halogens is 2. The fourth-order valence-corrected chi connectivity index (χ4v) is 4.52. The Kier molecular flexibility index (Phi) is 3.88. The van der Waals surface area contributed by atoms with Crippen molar-refractivity contribution in [2.75, 3.05) is 0 Å². The van der Waals surface area contributed by atoms with Crippen molar-refractivity contribution in [3.8, 4) is 0 Å². The quantitative estimate of drug-likeness (QED) is 0.372. The number of benzene rings is 3. The molecule has 0 radical (unpaired) electrons. The lowest BCUT2D eigenvalue weighted by atomic mass is 9.97. The summed E-state index contributed by atoms with van der Waals surface area (Å²) >= 11 is 12.8. The van der Waals surface area contributed by atoms with Crippen LogP contribution in [0.5, 0.6) is 0 Å². The van der Waals surface area contributed by atoms with E-state index in [-0.39, 0.29) is 12.1 Å². The number of oxime groups is 1. The Bertz CT molecular complexity index is 1140. The fraction of sp³-hybridized carbons (Fsp3) is 0.136. The van der Waals surface area contributed by atoms with Crippen molar-refractivity contribution >= 4 is 50.7 Å². The Morgan fingerprint density at radius 3 is 1.96 bits per heavy atom. The first kappa shape index (κ1) is 16.7. The standard InChI is InChI=1S/C22H16Cl2N2O/c1-13-21(20-16(23)9-6-10-17(20)24)25-27-22(13)26-18-11-4-2-7-14(18)15-8-3-5-12-19(15)26/h2-13,22H,1H3/t13-,22+/m0/s1. The zero-order valence-corrected chi connectivity index (χ0v) is 16.1. The Hall–Kier alpha value is -2.49. The molecular weight excluding hydrogens is 379 g/mol. The molecule has 1 aliphatic heterocycles. The van der Waals surface area contributed by atoms with Gasteiger partial charge in [-0.05, 0) is 24.3 Å². The van der Waals surface area contributed by atoms with E-state index in [1.54, 1.807) is 0 Å². The van der Waals surface area contributed by atoms with Gasteiger partial charge in [-0.3, -0.25) is 0 Å². The lowest BCUT2D eigenvalue weighted by molar-refractivity contribution is 0.0170. The molecule has 0 spiro atoms. The monoisotopic (exact) mass is 394 g/mol. The van der Waals surface area contributed by atoms with E-state index in [1.807, 2.05) is 30.3 Å². The van der Waals surface area contributed by atoms with Gasteiger partial charge in [0.05, 0.1) is 32.7 Å². The van der Waals surface area contributed by atoms with Gasteiger partial charge in [0.2, 0.25) is 6.23 Å². The fourth-order valence-electron chi connectivity index (χ4n) is 3.93. The minimum Gasteiger partial charge on any atom is -0.369 e. The van der Waals surface area contributed by atoms with Crippen LogP contribution in [0.1, 0.15) is 18.7 Å². The molecule has 134 valence electrons. The Balaban J connectivity index is 1.67. The molecular formula is C22H16Cl2N2O. The first-order valence-corrected chi connectivity index (χ1v) is 9.58. The third-order valence-corrected chi connectivity index (χ3v) is 5.84. The van der Waals surface area contributed by atoms with Crippen molar-refractivity contribution in [1.82, 2.24) is 4.57 Å². The zero-order valence-electron chi connectivity index (χ0n) is 14.6. The molecule has 5 rings (SSSR count). The summed E-state index contributed by atoms with van der Waals surface area (Å²) in [6.45, 7) is 2.10. The van der Waals surface area contributed by atoms with Gasteiger partial charge in [-0.1, -0.05) is 77.7 Å². The van der Waals surface area contributed by atoms with E-state index in [4.69, 9.17) is 28.0 Å². The van der Waals surface area contributed by atoms with Crippen LogP contribution in [-0.4, -0.2) is 10.3 Å². The molecule has 0 aliphatic carbocycles. The van der Waals surface area contributed by atoms with E-state index in [9.17, 15) is 0 Å². The molecule has 0 N–H and O–H groups in total. The largest absolute Gasteiger partial charge is 0.369 e. The summed E-state index contributed by atoms with van der Waals surface area (Å²) in [5.74, 6) is -0.0124. The van der Waals surface area contributed by atoms with Gasteiger partial charge in [0, 0.05) is 16.3 Å². The van der Waals surface area contributed by atoms with Crippen molar-refractivity contribution in [3.05, 3.63) is 82.3 Å². The summed E-state index contributed by atoms with van der Waals surface area (Å²) in [6.07, 6.45) is -0.267. The van der Waals surface area contributed by atoms with Crippen molar-refractivity contribution in [2.45, 2.75) is 13.2 Å². The van der Waals surface area contributed by atoms with Crippen LogP contribution in [-0.2, 0) is 4.84 Å². The average Bonchev–Trinajstić information content (AvgIpc) is 3.20. The van der Waals surface area contributed by atoms with Gasteiger partial charge < -0.3 is 9.40 Å². The third kappa shape index (κ3) is 2.46. The van der Waals surface area contributed by atoms with Crippen molar-refractivity contribution < 1.29 is 4.84 Å². The van der Waals surface area contributed by atoms with E-state index < -0.39 is 0 Å². The van der Waals surface area contributed by atoms with Gasteiger partial charge in [0.15, 0.2) is 0 Å². The molecule has 1 aromatic heterocycles. The first-order valence-electron chi connectivity index (χ1n) is 8.82. The Morgan fingerprint density at radius 2 is 1.37 bits per heavy atom. The Labute approximate surface area is 166 Å². The van der Waals surface area contributed by atoms with Crippen LogP contribution < -0.4 is 0 Å². The summed E-state index contributed by atoms with van der Waals surface area (Å²) < 4.78 is 2.22. The molecule has 5 heteroatoms. The normalized spacial score (nSPS) is 19.4. The molecule has 3 aromatic carbocycles. The lowest BCUT2D eigenvalue weighted by Crippen LogP contribution is -2.20. The second-order valence-corrected chi connectivity index (χ2v) is 7.58. The molecule has 2 atom stereocenters. The maximum Gasteiger partial charge on any atom is 0.212 e. The smallest absolute Gasteiger partial charge is 0.212 e. The summed E-state index contributed by atoms with van der Waals surface area (Å²) in [7, 11) is 0. The van der Waals surface area contributed by atoms with Crippen LogP contribution in [0.15, 0.2) is 71.9 Å². The van der Waals surface area contributed by atoms with Gasteiger partial charge in [-0.2, -0.15) is 0 Å². The highest BCUT2D eigenvalue weighted by Crippen LogP contribution is 2.40. The topological polar surface area (TPSA) is 26.5 Å². The highest BCUT2D eigenvalue weighted by Gasteiger charge is 2.36. The number of aromatic nitrogens is 1. The highest BCUT2D eigenvalue weighted by atomic mass is 35.5. The van der Waals surface area contributed by atoms with E-state index >= 15 is 0 Å². The lowest BCUT2D eigenvalue weighted by Gasteiger charge is -2.19. The molecule has 0 saturated carbocycles. The average molecular weight is 395 g/mol. The summed E-state index contributed by atoms with van der Waals surface area (Å²) in [6, 6.07) is 22.2. The number of hydrogen-bond donors (Lipinski definition) is 0. The molecule has 1 aliphatic rings. The van der Waals surface area contributed by atoms with Gasteiger partial charge in [0.25, 0.3) is 0 Å². The number of nitrogens with zero attached hydrogens (tertiary/aromatic N) is 2. The maximum atomic E-state index is 6.41. The van der Waals surface area contributed by atoms with Crippen LogP contribution in [0.3, 0.4) is 0 Å². The van der Waals surface area contributed by atoms with Crippen LogP contribution in [0, 0.1) is 5.92 Å². The molecule has 3 nitrogen and oxygen atoms in total. The number of fused-ring (bicyclic) bond motifs is 3. The third-order valence-electron chi connectivity index (χ3n) is 5.21. The van der Waals surface area contributed by atoms with E-state index in [1.165, 1.54) is 10.8 Å². The SMILES string of the molecule is C[C@H]1C(c2c(Cl)cccc2Cl)=NO[C@H]1n1c2ccccc2c2ccccc21. The van der Waals surface area contributed by atoms with Crippen LogP contribution in [0.2, 0.25) is 10.0 Å². The minimum atomic E-state index is -0.267. The van der Waals surface area contributed by atoms with Gasteiger partial charge >= 0.3 is 0 Å². The van der Waals surface area contributed by atoms with E-state index in [0.717, 1.165) is 22.3 Å². The molecule has 4 aromatic rings. The van der Waals surface area contributed by atoms with Gasteiger partial charge in [0.1, 0.15) is 0 Å². The van der Waals surface area contributed by atoms with Crippen LogP contribution in [0.25, 0.3) is 21.8 Å². The number of hydrogen-bond acceptors (Lipinski definition) is 2. The molecule has 0 amide bonds. The van der Waals surface area contributed by atoms with Crippen molar-refractivity contribution in [3.63, 3.8) is 0 Å². The predicted molar refractivity (Wildman–Crippen MR) is 112 cm³/mol. The van der Waals surface area contributed by atoms with Crippen molar-refractivity contribution in [1.29, 1.82) is 0 Å². The van der Waals surface area contributed by atoms with Crippen molar-refractivity contribution in [2.24, 2.45) is 11.1 Å². The van der Waals surface area contributed by atoms with E-state index in [0.29, 0.717) is 10.0 Å². The highest BCUT2D eigenvalue weighted by molar-refractivity contribution is 6.40. The Morgan fingerprint density at radius 1 is 0.815 bits per heavy atom. The summed E-state index contributed by atoms with van der Waals surface area (Å²) in [5.41, 5.74) is 3.77. The van der Waals surface area contributed by atoms with E-state index in [2.05, 4.69) is 53.0 Å². The molecule has 27 heavy (non-hydrogen) atoms. The molecule has 0 bridgehead atoms. The second-order valence-electron chi connectivity index (χ2n) is 6.76. The minimum absolute atomic E-state index is 0.0124. The molecule has 0 saturated heterocycles. The summed E-state index contributed by atoms with van der Waals surface area (Å²) in [4.78, 5) is 5.94. The maximum absolute atomic E-state index is 6.41. The van der Waals surface area contributed by atoms with Crippen LogP contribution in [0.4, 0.5) is 0 Å². The van der Waals surface area contributed by atoms with Gasteiger partial charge in [-0.25, -0.2) is 0 Å². The molecule has 2 heterocycles. The number of para-hydroxylation sites is 2. The number of rotatable bonds is 2. The first-order chi connectivity index (χ1) is 13.2. The predicted octanol–water partition coefficient (Wildman–Crippen LogP) is 6.67. The molecule has 0 fully saturated rings. The zero-order chi connectivity index (χ0) is 18.5. The summed E-state index contributed by atoms with van der Waals surface area (Å²) in [5, 5.41) is 7.96.